The number of anilines is 1. The average Bonchev–Trinajstić information content (AvgIpc) is 3.07. The first kappa shape index (κ1) is 21.9. The van der Waals surface area contributed by atoms with E-state index in [9.17, 15) is 9.18 Å². The third-order valence-corrected chi connectivity index (χ3v) is 5.24. The first-order chi connectivity index (χ1) is 14.4. The van der Waals surface area contributed by atoms with Crippen molar-refractivity contribution >= 4 is 53.0 Å². The van der Waals surface area contributed by atoms with Crippen LogP contribution in [0.15, 0.2) is 52.7 Å². The van der Waals surface area contributed by atoms with Gasteiger partial charge in [-0.05, 0) is 29.8 Å². The van der Waals surface area contributed by atoms with E-state index in [4.69, 9.17) is 29.0 Å². The minimum Gasteiger partial charge on any atom is -0.351 e. The van der Waals surface area contributed by atoms with Gasteiger partial charge in [0, 0.05) is 17.1 Å². The monoisotopic (exact) mass is 467 g/mol. The average molecular weight is 468 g/mol. The van der Waals surface area contributed by atoms with Gasteiger partial charge in [0.05, 0.1) is 17.0 Å². The fourth-order valence-corrected chi connectivity index (χ4v) is 3.35. The molecule has 156 valence electrons. The quantitative estimate of drug-likeness (QED) is 0.203. The lowest BCUT2D eigenvalue weighted by atomic mass is 10.2. The van der Waals surface area contributed by atoms with E-state index < -0.39 is 0 Å². The number of thioether (sulfide) groups is 1. The molecule has 3 aromatic rings. The molecule has 0 aliphatic carbocycles. The van der Waals surface area contributed by atoms with Gasteiger partial charge in [0.15, 0.2) is 0 Å². The van der Waals surface area contributed by atoms with Gasteiger partial charge in [0.25, 0.3) is 5.95 Å². The zero-order chi connectivity index (χ0) is 21.5. The third-order valence-electron chi connectivity index (χ3n) is 3.73. The lowest BCUT2D eigenvalue weighted by Crippen LogP contribution is -2.25. The number of halogens is 3. The van der Waals surface area contributed by atoms with Crippen LogP contribution in [0, 0.1) is 5.82 Å². The molecule has 8 nitrogen and oxygen atoms in total. The molecule has 30 heavy (non-hydrogen) atoms. The van der Waals surface area contributed by atoms with Crippen molar-refractivity contribution in [2.24, 2.45) is 5.10 Å². The van der Waals surface area contributed by atoms with Crippen molar-refractivity contribution in [3.8, 4) is 0 Å². The van der Waals surface area contributed by atoms with Crippen molar-refractivity contribution < 1.29 is 9.18 Å². The zero-order valence-electron chi connectivity index (χ0n) is 15.3. The molecule has 0 aliphatic rings. The van der Waals surface area contributed by atoms with Crippen LogP contribution in [-0.2, 0) is 11.3 Å². The molecule has 0 bridgehead atoms. The van der Waals surface area contributed by atoms with Crippen LogP contribution in [0.3, 0.4) is 0 Å². The lowest BCUT2D eigenvalue weighted by molar-refractivity contribution is -0.118. The predicted molar refractivity (Wildman–Crippen MR) is 117 cm³/mol. The summed E-state index contributed by atoms with van der Waals surface area (Å²) in [4.78, 5) is 12.0. The summed E-state index contributed by atoms with van der Waals surface area (Å²) in [5.41, 5.74) is 4.11. The molecule has 12 heteroatoms. The molecule has 1 heterocycles. The van der Waals surface area contributed by atoms with Crippen LogP contribution >= 0.6 is 35.0 Å². The van der Waals surface area contributed by atoms with Crippen molar-refractivity contribution in [2.45, 2.75) is 11.7 Å². The number of nitrogen functional groups attached to an aromatic ring is 1. The number of hydrazone groups is 1. The van der Waals surface area contributed by atoms with Gasteiger partial charge in [0.1, 0.15) is 5.82 Å². The Labute approximate surface area is 185 Å². The Bertz CT molecular complexity index is 1060. The molecule has 4 N–H and O–H groups in total. The molecule has 0 saturated heterocycles. The summed E-state index contributed by atoms with van der Waals surface area (Å²) in [6.07, 6.45) is 1.49. The largest absolute Gasteiger partial charge is 0.351 e. The fourth-order valence-electron chi connectivity index (χ4n) is 2.20. The Morgan fingerprint density at radius 1 is 1.23 bits per heavy atom. The van der Waals surface area contributed by atoms with E-state index >= 15 is 0 Å². The summed E-state index contributed by atoms with van der Waals surface area (Å²) >= 11 is 13.0. The summed E-state index contributed by atoms with van der Waals surface area (Å²) in [5, 5.41) is 15.9. The van der Waals surface area contributed by atoms with E-state index in [1.165, 1.54) is 23.0 Å². The summed E-state index contributed by atoms with van der Waals surface area (Å²) in [7, 11) is 0. The molecule has 0 radical (unpaired) electrons. The number of benzene rings is 2. The number of nitrogens with zero attached hydrogens (tertiary/aromatic N) is 4. The molecule has 0 unspecified atom stereocenters. The van der Waals surface area contributed by atoms with Crippen LogP contribution in [0.4, 0.5) is 10.3 Å². The number of nitrogens with two attached hydrogens (primary N) is 1. The number of carbonyl (C=O) groups excluding carboxylic acids is 1. The van der Waals surface area contributed by atoms with Gasteiger partial charge in [0.2, 0.25) is 11.1 Å². The maximum absolute atomic E-state index is 12.9. The van der Waals surface area contributed by atoms with Crippen LogP contribution in [0.1, 0.15) is 11.1 Å². The highest BCUT2D eigenvalue weighted by molar-refractivity contribution is 7.99. The standard InChI is InChI=1S/C18H16Cl2FN7OS/c19-13-4-3-12(15(20)7-13)9-24-25-17-26-27-18(28(17)22)30-10-16(29)23-8-11-1-5-14(21)6-2-11/h1-7,9H,8,10,22H2,(H,23,29)(H,25,26)/b24-9+. The van der Waals surface area contributed by atoms with Crippen molar-refractivity contribution in [1.82, 2.24) is 20.2 Å². The number of nitrogens with one attached hydrogen (secondary N) is 2. The predicted octanol–water partition coefficient (Wildman–Crippen LogP) is 3.29. The van der Waals surface area contributed by atoms with Crippen LogP contribution < -0.4 is 16.6 Å². The van der Waals surface area contributed by atoms with Crippen molar-refractivity contribution in [1.29, 1.82) is 0 Å². The van der Waals surface area contributed by atoms with Gasteiger partial charge in [-0.1, -0.05) is 53.2 Å². The first-order valence-electron chi connectivity index (χ1n) is 8.51. The van der Waals surface area contributed by atoms with E-state index in [1.807, 2.05) is 0 Å². The van der Waals surface area contributed by atoms with Crippen molar-refractivity contribution in [3.05, 3.63) is 69.5 Å². The lowest BCUT2D eigenvalue weighted by Gasteiger charge is -2.05. The minimum absolute atomic E-state index is 0.0835. The normalized spacial score (nSPS) is 11.0. The fraction of sp³-hybridized carbons (Fsp3) is 0.111. The third kappa shape index (κ3) is 6.09. The van der Waals surface area contributed by atoms with E-state index in [1.54, 1.807) is 30.3 Å². The molecular weight excluding hydrogens is 452 g/mol. The molecule has 0 aliphatic heterocycles. The van der Waals surface area contributed by atoms with Crippen molar-refractivity contribution in [3.63, 3.8) is 0 Å². The maximum Gasteiger partial charge on any atom is 0.264 e. The summed E-state index contributed by atoms with van der Waals surface area (Å²) in [6.45, 7) is 0.295. The smallest absolute Gasteiger partial charge is 0.264 e. The van der Waals surface area contributed by atoms with Crippen LogP contribution in [0.25, 0.3) is 0 Å². The summed E-state index contributed by atoms with van der Waals surface area (Å²) < 4.78 is 14.1. The Balaban J connectivity index is 1.49. The highest BCUT2D eigenvalue weighted by Crippen LogP contribution is 2.20. The molecule has 0 saturated carbocycles. The molecule has 0 spiro atoms. The second-order valence-electron chi connectivity index (χ2n) is 5.90. The van der Waals surface area contributed by atoms with Gasteiger partial charge in [-0.15, -0.1) is 10.2 Å². The van der Waals surface area contributed by atoms with Gasteiger partial charge >= 0.3 is 0 Å². The van der Waals surface area contributed by atoms with E-state index in [-0.39, 0.29) is 23.4 Å². The summed E-state index contributed by atoms with van der Waals surface area (Å²) in [6, 6.07) is 10.9. The van der Waals surface area contributed by atoms with Gasteiger partial charge in [-0.2, -0.15) is 5.10 Å². The molecule has 0 atom stereocenters. The Morgan fingerprint density at radius 2 is 2.00 bits per heavy atom. The second-order valence-corrected chi connectivity index (χ2v) is 7.69. The van der Waals surface area contributed by atoms with Crippen molar-refractivity contribution in [2.75, 3.05) is 17.0 Å². The number of rotatable bonds is 8. The topological polar surface area (TPSA) is 110 Å². The minimum atomic E-state index is -0.326. The van der Waals surface area contributed by atoms with Crippen LogP contribution in [-0.4, -0.2) is 32.7 Å². The number of hydrogen-bond donors (Lipinski definition) is 3. The van der Waals surface area contributed by atoms with E-state index in [2.05, 4.69) is 26.0 Å². The first-order valence-corrected chi connectivity index (χ1v) is 10.2. The molecule has 2 aromatic carbocycles. The number of hydrogen-bond acceptors (Lipinski definition) is 7. The number of amides is 1. The molecule has 1 amide bonds. The Morgan fingerprint density at radius 3 is 2.73 bits per heavy atom. The zero-order valence-corrected chi connectivity index (χ0v) is 17.7. The second kappa shape index (κ2) is 10.3. The SMILES string of the molecule is Nn1c(N/N=C/c2ccc(Cl)cc2Cl)nnc1SCC(=O)NCc1ccc(F)cc1. The van der Waals surface area contributed by atoms with Crippen LogP contribution in [0.2, 0.25) is 10.0 Å². The molecular formula is C18H16Cl2FN7OS. The molecule has 3 rings (SSSR count). The van der Waals surface area contributed by atoms with Gasteiger partial charge in [-0.25, -0.2) is 14.5 Å². The number of carbonyl (C=O) groups is 1. The van der Waals surface area contributed by atoms with Gasteiger partial charge < -0.3 is 11.2 Å². The molecule has 1 aromatic heterocycles. The Hall–Kier alpha value is -2.82. The number of aromatic nitrogens is 3. The van der Waals surface area contributed by atoms with E-state index in [0.29, 0.717) is 27.3 Å². The van der Waals surface area contributed by atoms with Gasteiger partial charge in [-0.3, -0.25) is 4.79 Å². The molecule has 0 fully saturated rings. The van der Waals surface area contributed by atoms with E-state index in [0.717, 1.165) is 17.3 Å². The van der Waals surface area contributed by atoms with Crippen LogP contribution in [0.5, 0.6) is 0 Å². The highest BCUT2D eigenvalue weighted by Gasteiger charge is 2.12. The Kier molecular flexibility index (Phi) is 7.50. The highest BCUT2D eigenvalue weighted by atomic mass is 35.5. The summed E-state index contributed by atoms with van der Waals surface area (Å²) in [5.74, 6) is 5.64. The maximum atomic E-state index is 12.9.